The second-order valence-electron chi connectivity index (χ2n) is 15.9. The maximum Gasteiger partial charge on any atom is 0.0886 e. The summed E-state index contributed by atoms with van der Waals surface area (Å²) >= 11 is 0. The smallest absolute Gasteiger partial charge is 0.0886 e. The third-order valence-electron chi connectivity index (χ3n) is 11.8. The van der Waals surface area contributed by atoms with Crippen molar-refractivity contribution in [3.05, 3.63) is 237 Å². The zero-order chi connectivity index (χ0) is 44.1. The van der Waals surface area contributed by atoms with E-state index in [9.17, 15) is 0 Å². The van der Waals surface area contributed by atoms with Gasteiger partial charge in [-0.3, -0.25) is 34.9 Å². The van der Waals surface area contributed by atoms with Gasteiger partial charge >= 0.3 is 0 Å². The molecule has 7 aromatic heterocycles. The lowest BCUT2D eigenvalue weighted by molar-refractivity contribution is 0.721. The van der Waals surface area contributed by atoms with Crippen LogP contribution in [0.15, 0.2) is 232 Å². The lowest BCUT2D eigenvalue weighted by Gasteiger charge is -2.15. The van der Waals surface area contributed by atoms with E-state index in [1.54, 1.807) is 6.20 Å². The van der Waals surface area contributed by atoms with E-state index in [4.69, 9.17) is 19.9 Å². The number of nitrogens with one attached hydrogen (secondary N) is 1. The number of dihydropyridines is 1. The monoisotopic (exact) mass is 848 g/mol. The van der Waals surface area contributed by atoms with Crippen LogP contribution >= 0.6 is 0 Å². The fraction of sp³-hybridized carbons (Fsp3) is 0.0172. The Morgan fingerprint density at radius 1 is 0.288 bits per heavy atom. The highest BCUT2D eigenvalue weighted by Gasteiger charge is 2.13. The van der Waals surface area contributed by atoms with Gasteiger partial charge in [0.05, 0.1) is 45.9 Å². The van der Waals surface area contributed by atoms with Crippen LogP contribution in [0.4, 0.5) is 0 Å². The number of rotatable bonds is 10. The van der Waals surface area contributed by atoms with E-state index in [1.165, 1.54) is 11.1 Å². The second-order valence-corrected chi connectivity index (χ2v) is 15.9. The summed E-state index contributed by atoms with van der Waals surface area (Å²) in [5, 5.41) is 3.31. The Morgan fingerprint density at radius 2 is 0.682 bits per heavy atom. The van der Waals surface area contributed by atoms with Gasteiger partial charge in [-0.15, -0.1) is 0 Å². The average molecular weight is 849 g/mol. The van der Waals surface area contributed by atoms with Crippen molar-refractivity contribution in [2.45, 2.75) is 6.04 Å². The molecule has 1 N–H and O–H groups in total. The van der Waals surface area contributed by atoms with Crippen LogP contribution in [-0.2, 0) is 0 Å². The molecule has 1 unspecified atom stereocenters. The Labute approximate surface area is 382 Å². The van der Waals surface area contributed by atoms with Gasteiger partial charge in [0.2, 0.25) is 0 Å². The fourth-order valence-corrected chi connectivity index (χ4v) is 8.16. The first-order chi connectivity index (χ1) is 32.7. The van der Waals surface area contributed by atoms with E-state index in [0.717, 1.165) is 95.5 Å². The highest BCUT2D eigenvalue weighted by atomic mass is 14.9. The molecule has 8 heterocycles. The Morgan fingerprint density at radius 3 is 1.08 bits per heavy atom. The number of hydrogen-bond acceptors (Lipinski definition) is 8. The Kier molecular flexibility index (Phi) is 10.9. The molecule has 0 amide bonds. The van der Waals surface area contributed by atoms with Gasteiger partial charge in [-0.1, -0.05) is 103 Å². The molecular weight excluding hydrogens is 809 g/mol. The van der Waals surface area contributed by atoms with E-state index < -0.39 is 0 Å². The van der Waals surface area contributed by atoms with Crippen LogP contribution in [-0.4, -0.2) is 34.9 Å². The summed E-state index contributed by atoms with van der Waals surface area (Å²) in [7, 11) is 0. The first-order valence-corrected chi connectivity index (χ1v) is 21.8. The van der Waals surface area contributed by atoms with E-state index >= 15 is 0 Å². The van der Waals surface area contributed by atoms with Gasteiger partial charge in [0, 0.05) is 76.8 Å². The molecule has 0 radical (unpaired) electrons. The van der Waals surface area contributed by atoms with Gasteiger partial charge < -0.3 is 5.32 Å². The fourth-order valence-electron chi connectivity index (χ4n) is 8.16. The number of nitrogens with zero attached hydrogens (tertiary/aromatic N) is 7. The molecule has 8 nitrogen and oxygen atoms in total. The molecule has 1 atom stereocenters. The number of pyridine rings is 7. The van der Waals surface area contributed by atoms with Crippen molar-refractivity contribution >= 4 is 0 Å². The molecule has 66 heavy (non-hydrogen) atoms. The first-order valence-electron chi connectivity index (χ1n) is 21.8. The standard InChI is InChI=1S/C58H40N8/c1-2-8-50(42-17-13-40(14-18-42)44-20-26-52(62-34-44)46-22-28-54(64-36-46)48-24-30-58(66-38-48)56-10-4-6-32-60-56)49(7-1)41-15-11-39(12-16-41)43-19-25-51(61-33-43)45-21-27-53(63-35-45)47-23-29-57(65-37-47)55-9-3-5-31-59-55/h1-38,55,59H. The van der Waals surface area contributed by atoms with Crippen molar-refractivity contribution in [3.8, 4) is 101 Å². The van der Waals surface area contributed by atoms with E-state index in [1.807, 2.05) is 110 Å². The highest BCUT2D eigenvalue weighted by Crippen LogP contribution is 2.35. The van der Waals surface area contributed by atoms with Crippen LogP contribution in [0.3, 0.4) is 0 Å². The molecule has 1 aliphatic heterocycles. The Hall–Kier alpha value is -9.01. The Balaban J connectivity index is 0.733. The van der Waals surface area contributed by atoms with Crippen LogP contribution in [0.2, 0.25) is 0 Å². The lowest BCUT2D eigenvalue weighted by Crippen LogP contribution is -2.16. The average Bonchev–Trinajstić information content (AvgIpc) is 3.42. The lowest BCUT2D eigenvalue weighted by atomic mass is 9.92. The molecule has 3 aromatic carbocycles. The van der Waals surface area contributed by atoms with Crippen LogP contribution < -0.4 is 5.32 Å². The maximum atomic E-state index is 4.81. The molecule has 312 valence electrons. The summed E-state index contributed by atoms with van der Waals surface area (Å²) in [4.78, 5) is 32.7. The molecule has 10 aromatic rings. The van der Waals surface area contributed by atoms with Crippen molar-refractivity contribution in [2.24, 2.45) is 0 Å². The summed E-state index contributed by atoms with van der Waals surface area (Å²) in [6, 6.07) is 56.5. The molecule has 11 rings (SSSR count). The van der Waals surface area contributed by atoms with Crippen LogP contribution in [0.1, 0.15) is 11.7 Å². The van der Waals surface area contributed by atoms with Gasteiger partial charge in [0.1, 0.15) is 0 Å². The molecule has 0 saturated heterocycles. The summed E-state index contributed by atoms with van der Waals surface area (Å²) in [5.41, 5.74) is 18.9. The normalized spacial score (nSPS) is 13.0. The largest absolute Gasteiger partial charge is 0.379 e. The van der Waals surface area contributed by atoms with Crippen LogP contribution in [0.25, 0.3) is 101 Å². The van der Waals surface area contributed by atoms with Gasteiger partial charge in [-0.2, -0.15) is 0 Å². The van der Waals surface area contributed by atoms with E-state index in [-0.39, 0.29) is 6.04 Å². The SMILES string of the molecule is C1=CNC(c2ccc(-c3ccc(-c4ccc(-c5ccc(-c6ccccc6-c6ccc(-c7ccc(-c8ccc(-c9ccc(-c%10ccccn%10)nc9)nc8)nc7)cc6)cc5)cn4)cn3)cn2)C=C1. The molecule has 8 heteroatoms. The highest BCUT2D eigenvalue weighted by molar-refractivity contribution is 5.85. The Bertz CT molecular complexity index is 3300. The van der Waals surface area contributed by atoms with Gasteiger partial charge in [-0.05, 0) is 118 Å². The van der Waals surface area contributed by atoms with Crippen molar-refractivity contribution < 1.29 is 0 Å². The van der Waals surface area contributed by atoms with Crippen LogP contribution in [0.5, 0.6) is 0 Å². The summed E-state index contributed by atoms with van der Waals surface area (Å²) in [5.74, 6) is 0. The molecule has 0 aliphatic carbocycles. The maximum absolute atomic E-state index is 4.81. The van der Waals surface area contributed by atoms with Gasteiger partial charge in [0.25, 0.3) is 0 Å². The summed E-state index contributed by atoms with van der Waals surface area (Å²) in [6.45, 7) is 0. The zero-order valence-electron chi connectivity index (χ0n) is 35.6. The predicted octanol–water partition coefficient (Wildman–Crippen LogP) is 13.2. The van der Waals surface area contributed by atoms with Crippen molar-refractivity contribution in [3.63, 3.8) is 0 Å². The van der Waals surface area contributed by atoms with E-state index in [0.29, 0.717) is 0 Å². The number of aromatic nitrogens is 7. The van der Waals surface area contributed by atoms with Crippen molar-refractivity contribution in [1.82, 2.24) is 40.2 Å². The molecular formula is C58H40N8. The topological polar surface area (TPSA) is 102 Å². The molecule has 1 aliphatic rings. The number of benzene rings is 3. The molecule has 0 spiro atoms. The number of hydrogen-bond donors (Lipinski definition) is 1. The molecule has 0 fully saturated rings. The van der Waals surface area contributed by atoms with Crippen LogP contribution in [0, 0.1) is 0 Å². The van der Waals surface area contributed by atoms with Crippen molar-refractivity contribution in [1.29, 1.82) is 0 Å². The van der Waals surface area contributed by atoms with Crippen molar-refractivity contribution in [2.75, 3.05) is 0 Å². The van der Waals surface area contributed by atoms with Gasteiger partial charge in [0.15, 0.2) is 0 Å². The molecule has 0 bridgehead atoms. The first kappa shape index (κ1) is 39.8. The minimum absolute atomic E-state index is 0.0816. The molecule has 0 saturated carbocycles. The third kappa shape index (κ3) is 8.42. The summed E-state index contributed by atoms with van der Waals surface area (Å²) in [6.07, 6.45) is 21.1. The number of allylic oxidation sites excluding steroid dienone is 2. The minimum Gasteiger partial charge on any atom is -0.379 e. The van der Waals surface area contributed by atoms with Gasteiger partial charge in [-0.25, -0.2) is 0 Å². The quantitative estimate of drug-likeness (QED) is 0.145. The third-order valence-corrected chi connectivity index (χ3v) is 11.8. The minimum atomic E-state index is 0.0816. The van der Waals surface area contributed by atoms with E-state index in [2.05, 4.69) is 136 Å². The summed E-state index contributed by atoms with van der Waals surface area (Å²) < 4.78 is 0. The second kappa shape index (κ2) is 18.0. The predicted molar refractivity (Wildman–Crippen MR) is 264 cm³/mol. The zero-order valence-corrected chi connectivity index (χ0v) is 35.6.